The predicted molar refractivity (Wildman–Crippen MR) is 81.0 cm³/mol. The van der Waals surface area contributed by atoms with Crippen LogP contribution >= 0.6 is 0 Å². The number of alkyl halides is 2. The highest BCUT2D eigenvalue weighted by molar-refractivity contribution is 5.28. The molecule has 0 spiro atoms. The molecule has 120 valence electrons. The highest BCUT2D eigenvalue weighted by Gasteiger charge is 2.19. The Morgan fingerprint density at radius 2 is 1.76 bits per heavy atom. The fraction of sp³-hybridized carbons (Fsp3) is 0.688. The van der Waals surface area contributed by atoms with E-state index in [1.165, 1.54) is 0 Å². The van der Waals surface area contributed by atoms with Crippen molar-refractivity contribution in [3.63, 3.8) is 0 Å². The van der Waals surface area contributed by atoms with E-state index >= 15 is 0 Å². The van der Waals surface area contributed by atoms with Crippen LogP contribution in [0.3, 0.4) is 0 Å². The lowest BCUT2D eigenvalue weighted by molar-refractivity contribution is 0.0793. The lowest BCUT2D eigenvalue weighted by Gasteiger charge is -2.23. The summed E-state index contributed by atoms with van der Waals surface area (Å²) in [6, 6.07) is 3.71. The maximum atomic E-state index is 12.3. The molecule has 21 heavy (non-hydrogen) atoms. The minimum atomic E-state index is -2.50. The molecule has 0 saturated carbocycles. The van der Waals surface area contributed by atoms with E-state index in [1.54, 1.807) is 6.07 Å². The fourth-order valence-corrected chi connectivity index (χ4v) is 1.63. The number of aromatic nitrogens is 1. The number of hydrogen-bond donors (Lipinski definition) is 1. The van der Waals surface area contributed by atoms with E-state index in [1.807, 2.05) is 26.8 Å². The number of pyridine rings is 1. The quantitative estimate of drug-likeness (QED) is 0.895. The Morgan fingerprint density at radius 3 is 2.24 bits per heavy atom. The van der Waals surface area contributed by atoms with Crippen LogP contribution in [-0.2, 0) is 12.0 Å². The Labute approximate surface area is 126 Å². The number of hydrogen-bond acceptors (Lipinski definition) is 3. The van der Waals surface area contributed by atoms with Gasteiger partial charge in [-0.05, 0) is 32.4 Å². The van der Waals surface area contributed by atoms with Crippen molar-refractivity contribution in [1.29, 1.82) is 0 Å². The lowest BCUT2D eigenvalue weighted by atomic mass is 9.90. The van der Waals surface area contributed by atoms with Gasteiger partial charge in [0.2, 0.25) is 5.88 Å². The van der Waals surface area contributed by atoms with Crippen LogP contribution in [0.1, 0.15) is 52.8 Å². The molecule has 0 radical (unpaired) electrons. The predicted octanol–water partition coefficient (Wildman–Crippen LogP) is 3.91. The van der Waals surface area contributed by atoms with Crippen molar-refractivity contribution >= 4 is 0 Å². The fourth-order valence-electron chi connectivity index (χ4n) is 1.63. The normalized spacial score (nSPS) is 12.8. The summed E-state index contributed by atoms with van der Waals surface area (Å²) in [5, 5.41) is 3.38. The minimum absolute atomic E-state index is 0.0187. The molecule has 3 nitrogen and oxygen atoms in total. The maximum Gasteiger partial charge on any atom is 0.272 e. The first-order valence-corrected chi connectivity index (χ1v) is 7.15. The highest BCUT2D eigenvalue weighted by Crippen LogP contribution is 2.24. The summed E-state index contributed by atoms with van der Waals surface area (Å²) in [6.07, 6.45) is -2.50. The summed E-state index contributed by atoms with van der Waals surface area (Å²) in [5.41, 5.74) is 1.63. The van der Waals surface area contributed by atoms with Gasteiger partial charge >= 0.3 is 0 Å². The van der Waals surface area contributed by atoms with Crippen LogP contribution in [0.5, 0.6) is 5.88 Å². The molecule has 0 atom stereocenters. The van der Waals surface area contributed by atoms with Gasteiger partial charge in [0.25, 0.3) is 6.43 Å². The smallest absolute Gasteiger partial charge is 0.272 e. The number of nitrogens with one attached hydrogen (secondary N) is 1. The second-order valence-electron chi connectivity index (χ2n) is 7.25. The van der Waals surface area contributed by atoms with Gasteiger partial charge in [0.15, 0.2) is 6.61 Å². The molecule has 5 heteroatoms. The van der Waals surface area contributed by atoms with Gasteiger partial charge in [-0.15, -0.1) is 0 Å². The molecule has 0 aliphatic carbocycles. The number of halogens is 2. The molecule has 0 amide bonds. The molecule has 0 saturated heterocycles. The van der Waals surface area contributed by atoms with Crippen LogP contribution in [0.4, 0.5) is 8.78 Å². The first-order valence-electron chi connectivity index (χ1n) is 7.15. The second kappa shape index (κ2) is 6.69. The summed E-state index contributed by atoms with van der Waals surface area (Å²) in [6.45, 7) is 12.3. The van der Waals surface area contributed by atoms with Crippen LogP contribution in [0.25, 0.3) is 0 Å². The van der Waals surface area contributed by atoms with Gasteiger partial charge in [-0.3, -0.25) is 0 Å². The monoisotopic (exact) mass is 300 g/mol. The first-order chi connectivity index (χ1) is 9.47. The highest BCUT2D eigenvalue weighted by atomic mass is 19.3. The van der Waals surface area contributed by atoms with Crippen LogP contribution in [0, 0.1) is 0 Å². The van der Waals surface area contributed by atoms with Crippen LogP contribution < -0.4 is 10.1 Å². The van der Waals surface area contributed by atoms with E-state index in [4.69, 9.17) is 4.74 Å². The Balaban J connectivity index is 2.98. The zero-order valence-electron chi connectivity index (χ0n) is 13.8. The molecule has 1 aromatic rings. The molecular formula is C16H26F2N2O. The van der Waals surface area contributed by atoms with Crippen molar-refractivity contribution in [3.8, 4) is 5.88 Å². The van der Waals surface area contributed by atoms with E-state index < -0.39 is 13.0 Å². The van der Waals surface area contributed by atoms with Crippen molar-refractivity contribution in [3.05, 3.63) is 23.4 Å². The van der Waals surface area contributed by atoms with Gasteiger partial charge in [-0.25, -0.2) is 13.8 Å². The Hall–Kier alpha value is -1.23. The summed E-state index contributed by atoms with van der Waals surface area (Å²) >= 11 is 0. The molecule has 1 rings (SSSR count). The summed E-state index contributed by atoms with van der Waals surface area (Å²) < 4.78 is 29.7. The van der Waals surface area contributed by atoms with Gasteiger partial charge in [-0.1, -0.05) is 20.8 Å². The van der Waals surface area contributed by atoms with Crippen LogP contribution in [0.2, 0.25) is 0 Å². The van der Waals surface area contributed by atoms with Crippen molar-refractivity contribution in [2.75, 3.05) is 6.61 Å². The SMILES string of the molecule is CC(C)(C)NCc1cc(OCC(F)F)nc(C(C)(C)C)c1. The summed E-state index contributed by atoms with van der Waals surface area (Å²) in [5.74, 6) is 0.258. The first kappa shape index (κ1) is 17.8. The van der Waals surface area contributed by atoms with Crippen molar-refractivity contribution in [2.24, 2.45) is 0 Å². The van der Waals surface area contributed by atoms with Gasteiger partial charge in [-0.2, -0.15) is 0 Å². The topological polar surface area (TPSA) is 34.1 Å². The number of nitrogens with zero attached hydrogens (tertiary/aromatic N) is 1. The van der Waals surface area contributed by atoms with Crippen molar-refractivity contribution < 1.29 is 13.5 Å². The van der Waals surface area contributed by atoms with E-state index in [-0.39, 0.29) is 16.8 Å². The van der Waals surface area contributed by atoms with Gasteiger partial charge in [0, 0.05) is 23.6 Å². The van der Waals surface area contributed by atoms with Crippen molar-refractivity contribution in [1.82, 2.24) is 10.3 Å². The second-order valence-corrected chi connectivity index (χ2v) is 7.25. The minimum Gasteiger partial charge on any atom is -0.472 e. The van der Waals surface area contributed by atoms with Crippen LogP contribution in [0.15, 0.2) is 12.1 Å². The average molecular weight is 300 g/mol. The number of rotatable bonds is 5. The van der Waals surface area contributed by atoms with Crippen molar-refractivity contribution in [2.45, 2.75) is 65.5 Å². The Morgan fingerprint density at radius 1 is 1.14 bits per heavy atom. The molecule has 0 aromatic carbocycles. The van der Waals surface area contributed by atoms with E-state index in [9.17, 15) is 8.78 Å². The zero-order chi connectivity index (χ0) is 16.3. The average Bonchev–Trinajstić information content (AvgIpc) is 2.32. The molecule has 0 bridgehead atoms. The summed E-state index contributed by atoms with van der Waals surface area (Å²) in [7, 11) is 0. The number of ether oxygens (including phenoxy) is 1. The molecule has 1 aromatic heterocycles. The molecular weight excluding hydrogens is 274 g/mol. The third-order valence-electron chi connectivity index (χ3n) is 2.81. The van der Waals surface area contributed by atoms with E-state index in [2.05, 4.69) is 31.1 Å². The van der Waals surface area contributed by atoms with E-state index in [0.29, 0.717) is 6.54 Å². The molecule has 0 aliphatic rings. The lowest BCUT2D eigenvalue weighted by Crippen LogP contribution is -2.35. The Kier molecular flexibility index (Phi) is 5.68. The molecule has 0 unspecified atom stereocenters. The van der Waals surface area contributed by atoms with Crippen LogP contribution in [-0.4, -0.2) is 23.6 Å². The molecule has 1 heterocycles. The van der Waals surface area contributed by atoms with E-state index in [0.717, 1.165) is 11.3 Å². The van der Waals surface area contributed by atoms with Gasteiger partial charge in [0.1, 0.15) is 0 Å². The standard InChI is InChI=1S/C16H26F2N2O/c1-15(2,3)12-7-11(9-19-16(4,5)6)8-14(20-12)21-10-13(17)18/h7-8,13,19H,9-10H2,1-6H3. The zero-order valence-corrected chi connectivity index (χ0v) is 13.8. The molecule has 0 fully saturated rings. The summed E-state index contributed by atoms with van der Waals surface area (Å²) in [4.78, 5) is 4.34. The van der Waals surface area contributed by atoms with Gasteiger partial charge in [0.05, 0.1) is 5.69 Å². The largest absolute Gasteiger partial charge is 0.472 e. The maximum absolute atomic E-state index is 12.3. The Bertz CT molecular complexity index is 462. The molecule has 0 aliphatic heterocycles. The van der Waals surface area contributed by atoms with Gasteiger partial charge < -0.3 is 10.1 Å². The third-order valence-corrected chi connectivity index (χ3v) is 2.81. The third kappa shape index (κ3) is 6.85. The molecule has 1 N–H and O–H groups in total.